The van der Waals surface area contributed by atoms with Crippen molar-refractivity contribution in [3.05, 3.63) is 63.1 Å². The summed E-state index contributed by atoms with van der Waals surface area (Å²) >= 11 is 0. The smallest absolute Gasteiger partial charge is 0.329 e. The minimum Gasteiger partial charge on any atom is -0.354 e. The van der Waals surface area contributed by atoms with Crippen LogP contribution in [0.15, 0.2) is 46.1 Å². The van der Waals surface area contributed by atoms with Crippen LogP contribution in [0.4, 0.5) is 5.82 Å². The van der Waals surface area contributed by atoms with E-state index < -0.39 is 0 Å². The van der Waals surface area contributed by atoms with Crippen LogP contribution in [0.25, 0.3) is 32.8 Å². The van der Waals surface area contributed by atoms with Crippen molar-refractivity contribution in [2.45, 2.75) is 52.7 Å². The van der Waals surface area contributed by atoms with E-state index in [0.717, 1.165) is 70.2 Å². The molecule has 0 amide bonds. The summed E-state index contributed by atoms with van der Waals surface area (Å²) in [5, 5.41) is 10.8. The van der Waals surface area contributed by atoms with E-state index in [-0.39, 0.29) is 17.4 Å². The van der Waals surface area contributed by atoms with Crippen molar-refractivity contribution in [2.75, 3.05) is 18.0 Å². The largest absolute Gasteiger partial charge is 0.354 e. The van der Waals surface area contributed by atoms with Gasteiger partial charge in [0.15, 0.2) is 5.82 Å². The van der Waals surface area contributed by atoms with Crippen LogP contribution >= 0.6 is 0 Å². The van der Waals surface area contributed by atoms with Gasteiger partial charge in [-0.3, -0.25) is 13.7 Å². The molecule has 9 nitrogen and oxygen atoms in total. The van der Waals surface area contributed by atoms with Gasteiger partial charge < -0.3 is 9.88 Å². The van der Waals surface area contributed by atoms with Crippen molar-refractivity contribution in [2.24, 2.45) is 0 Å². The van der Waals surface area contributed by atoms with Crippen molar-refractivity contribution < 1.29 is 0 Å². The van der Waals surface area contributed by atoms with Crippen LogP contribution in [0.5, 0.6) is 0 Å². The zero-order valence-electron chi connectivity index (χ0n) is 20.3. The van der Waals surface area contributed by atoms with Gasteiger partial charge >= 0.3 is 11.4 Å². The summed E-state index contributed by atoms with van der Waals surface area (Å²) in [5.41, 5.74) is 4.81. The first-order chi connectivity index (χ1) is 17.0. The molecule has 3 aromatic heterocycles. The second kappa shape index (κ2) is 8.11. The number of aryl methyl sites for hydroxylation is 3. The summed E-state index contributed by atoms with van der Waals surface area (Å²) < 4.78 is 5.54. The summed E-state index contributed by atoms with van der Waals surface area (Å²) in [6.45, 7) is 8.81. The number of fused-ring (bicyclic) bond motifs is 3. The molecule has 5 aromatic rings. The molecule has 0 radical (unpaired) electrons. The standard InChI is InChI=1S/C26H29N7O2/c1-4-31-22-13-17-15-27-29-24(19(17)14-23(22)32(5-2)26(31)35)30-10-8-18(9-11-30)33-21-7-6-16(3)12-20(21)28-25(33)34/h6-7,12-15,18H,4-5,8-11H2,1-3H3,(H,28,34). The van der Waals surface area contributed by atoms with E-state index in [2.05, 4.69) is 38.3 Å². The maximum absolute atomic E-state index is 12.9. The Balaban J connectivity index is 1.36. The van der Waals surface area contributed by atoms with Crippen molar-refractivity contribution in [3.8, 4) is 0 Å². The van der Waals surface area contributed by atoms with E-state index in [1.165, 1.54) is 0 Å². The number of hydrogen-bond donors (Lipinski definition) is 1. The third kappa shape index (κ3) is 3.29. The number of piperidine rings is 1. The Kier molecular flexibility index (Phi) is 5.01. The fourth-order valence-electron chi connectivity index (χ4n) is 5.67. The van der Waals surface area contributed by atoms with E-state index in [4.69, 9.17) is 0 Å². The summed E-state index contributed by atoms with van der Waals surface area (Å²) in [5.74, 6) is 0.837. The molecule has 0 aliphatic carbocycles. The predicted molar refractivity (Wildman–Crippen MR) is 138 cm³/mol. The second-order valence-corrected chi connectivity index (χ2v) is 9.41. The number of nitrogens with zero attached hydrogens (tertiary/aromatic N) is 6. The molecule has 1 aliphatic heterocycles. The first-order valence-corrected chi connectivity index (χ1v) is 12.3. The van der Waals surface area contributed by atoms with Crippen LogP contribution in [0, 0.1) is 6.92 Å². The van der Waals surface area contributed by atoms with Crippen LogP contribution in [0.1, 0.15) is 38.3 Å². The Morgan fingerprint density at radius 1 is 0.971 bits per heavy atom. The lowest BCUT2D eigenvalue weighted by molar-refractivity contribution is 0.395. The molecule has 1 saturated heterocycles. The molecule has 2 aromatic carbocycles. The first-order valence-electron chi connectivity index (χ1n) is 12.3. The Labute approximate surface area is 201 Å². The summed E-state index contributed by atoms with van der Waals surface area (Å²) in [4.78, 5) is 30.9. The number of anilines is 1. The lowest BCUT2D eigenvalue weighted by atomic mass is 10.0. The quantitative estimate of drug-likeness (QED) is 0.432. The van der Waals surface area contributed by atoms with Gasteiger partial charge in [-0.1, -0.05) is 6.07 Å². The normalized spacial score (nSPS) is 15.1. The SMILES string of the molecule is CCn1c(=O)n(CC)c2cc3c(N4CCC(n5c(=O)[nH]c6cc(C)ccc65)CC4)nncc3cc21. The molecule has 1 N–H and O–H groups in total. The Morgan fingerprint density at radius 2 is 1.69 bits per heavy atom. The topological polar surface area (TPSA) is 93.7 Å². The number of nitrogens with one attached hydrogen (secondary N) is 1. The number of hydrogen-bond acceptors (Lipinski definition) is 5. The van der Waals surface area contributed by atoms with Crippen molar-refractivity contribution in [1.29, 1.82) is 0 Å². The average Bonchev–Trinajstić information content (AvgIpc) is 3.33. The van der Waals surface area contributed by atoms with Gasteiger partial charge in [-0.2, -0.15) is 5.10 Å². The third-order valence-electron chi connectivity index (χ3n) is 7.41. The highest BCUT2D eigenvalue weighted by Gasteiger charge is 2.26. The number of rotatable bonds is 4. The monoisotopic (exact) mass is 471 g/mol. The lowest BCUT2D eigenvalue weighted by Gasteiger charge is -2.33. The fourth-order valence-corrected chi connectivity index (χ4v) is 5.67. The zero-order chi connectivity index (χ0) is 24.3. The van der Waals surface area contributed by atoms with Gasteiger partial charge in [0.05, 0.1) is 28.3 Å². The van der Waals surface area contributed by atoms with Gasteiger partial charge in [0.1, 0.15) is 0 Å². The molecule has 1 fully saturated rings. The Hall–Kier alpha value is -3.88. The molecule has 0 unspecified atom stereocenters. The molecule has 0 saturated carbocycles. The van der Waals surface area contributed by atoms with Crippen LogP contribution in [0.2, 0.25) is 0 Å². The second-order valence-electron chi connectivity index (χ2n) is 9.41. The molecule has 9 heteroatoms. The van der Waals surface area contributed by atoms with Gasteiger partial charge in [-0.25, -0.2) is 9.59 Å². The number of aromatic nitrogens is 6. The van der Waals surface area contributed by atoms with Gasteiger partial charge in [0, 0.05) is 43.0 Å². The summed E-state index contributed by atoms with van der Waals surface area (Å²) in [7, 11) is 0. The Morgan fingerprint density at radius 3 is 2.40 bits per heavy atom. The average molecular weight is 472 g/mol. The van der Waals surface area contributed by atoms with Gasteiger partial charge in [-0.15, -0.1) is 5.10 Å². The number of benzene rings is 2. The lowest BCUT2D eigenvalue weighted by Crippen LogP contribution is -2.37. The van der Waals surface area contributed by atoms with Crippen LogP contribution < -0.4 is 16.3 Å². The molecule has 35 heavy (non-hydrogen) atoms. The highest BCUT2D eigenvalue weighted by atomic mass is 16.2. The number of imidazole rings is 2. The van der Waals surface area contributed by atoms with Crippen LogP contribution in [-0.4, -0.2) is 42.0 Å². The first kappa shape index (κ1) is 21.6. The predicted octanol–water partition coefficient (Wildman–Crippen LogP) is 3.58. The van der Waals surface area contributed by atoms with Gasteiger partial charge in [0.2, 0.25) is 0 Å². The minimum absolute atomic E-state index is 0.0166. The van der Waals surface area contributed by atoms with Crippen molar-refractivity contribution in [1.82, 2.24) is 28.9 Å². The number of aromatic amines is 1. The molecule has 0 bridgehead atoms. The summed E-state index contributed by atoms with van der Waals surface area (Å²) in [6.07, 6.45) is 3.45. The Bertz CT molecular complexity index is 1700. The zero-order valence-corrected chi connectivity index (χ0v) is 20.3. The molecule has 0 spiro atoms. The highest BCUT2D eigenvalue weighted by molar-refractivity contribution is 6.00. The minimum atomic E-state index is -0.0469. The molecule has 180 valence electrons. The third-order valence-corrected chi connectivity index (χ3v) is 7.41. The number of H-pyrrole nitrogens is 1. The molecular weight excluding hydrogens is 442 g/mol. The maximum atomic E-state index is 12.9. The summed E-state index contributed by atoms with van der Waals surface area (Å²) in [6, 6.07) is 10.4. The maximum Gasteiger partial charge on any atom is 0.329 e. The van der Waals surface area contributed by atoms with Gasteiger partial charge in [-0.05, 0) is 63.4 Å². The van der Waals surface area contributed by atoms with E-state index in [9.17, 15) is 9.59 Å². The molecule has 1 aliphatic rings. The van der Waals surface area contributed by atoms with Crippen LogP contribution in [0.3, 0.4) is 0 Å². The fraction of sp³-hybridized carbons (Fsp3) is 0.385. The van der Waals surface area contributed by atoms with Gasteiger partial charge in [0.25, 0.3) is 0 Å². The molecule has 6 rings (SSSR count). The van der Waals surface area contributed by atoms with E-state index in [1.807, 2.05) is 46.6 Å². The van der Waals surface area contributed by atoms with E-state index in [0.29, 0.717) is 13.1 Å². The van der Waals surface area contributed by atoms with Crippen molar-refractivity contribution in [3.63, 3.8) is 0 Å². The molecule has 4 heterocycles. The van der Waals surface area contributed by atoms with Crippen LogP contribution in [-0.2, 0) is 13.1 Å². The highest BCUT2D eigenvalue weighted by Crippen LogP contribution is 2.32. The van der Waals surface area contributed by atoms with E-state index in [1.54, 1.807) is 6.20 Å². The molecule has 0 atom stereocenters. The molecular formula is C26H29N7O2. The van der Waals surface area contributed by atoms with Crippen molar-refractivity contribution >= 4 is 38.7 Å². The van der Waals surface area contributed by atoms with E-state index >= 15 is 0 Å².